The van der Waals surface area contributed by atoms with Crippen molar-refractivity contribution >= 4 is 6.03 Å². The maximum atomic E-state index is 13.4. The fourth-order valence-corrected chi connectivity index (χ4v) is 3.17. The number of urea groups is 1. The number of carbonyl (C=O) groups excluding carboxylic acids is 1. The molecule has 1 saturated carbocycles. The third kappa shape index (κ3) is 4.60. The molecule has 1 heterocycles. The van der Waals surface area contributed by atoms with E-state index < -0.39 is 0 Å². The molecule has 0 radical (unpaired) electrons. The van der Waals surface area contributed by atoms with Gasteiger partial charge in [0.05, 0.1) is 13.2 Å². The minimum absolute atomic E-state index is 0.148. The summed E-state index contributed by atoms with van der Waals surface area (Å²) in [5.74, 6) is 0.549. The molecule has 132 valence electrons. The molecule has 2 amide bonds. The largest absolute Gasteiger partial charge is 0.494 e. The van der Waals surface area contributed by atoms with Crippen molar-refractivity contribution in [3.05, 3.63) is 29.6 Å². The highest BCUT2D eigenvalue weighted by atomic mass is 19.1. The molecule has 0 aromatic heterocycles. The van der Waals surface area contributed by atoms with Crippen molar-refractivity contribution in [2.75, 3.05) is 20.3 Å². The molecular weight excluding hydrogens is 311 g/mol. The minimum atomic E-state index is -0.378. The Morgan fingerprint density at radius 1 is 1.38 bits per heavy atom. The van der Waals surface area contributed by atoms with Crippen LogP contribution in [0, 0.1) is 11.7 Å². The van der Waals surface area contributed by atoms with Crippen LogP contribution < -0.4 is 15.4 Å². The van der Waals surface area contributed by atoms with Crippen molar-refractivity contribution in [1.82, 2.24) is 10.6 Å². The van der Waals surface area contributed by atoms with Crippen LogP contribution in [-0.4, -0.2) is 38.4 Å². The average Bonchev–Trinajstić information content (AvgIpc) is 3.41. The summed E-state index contributed by atoms with van der Waals surface area (Å²) < 4.78 is 24.1. The Bertz CT molecular complexity index is 577. The molecule has 1 aliphatic carbocycles. The molecule has 2 atom stereocenters. The molecule has 1 aromatic rings. The van der Waals surface area contributed by atoms with Gasteiger partial charge < -0.3 is 20.1 Å². The van der Waals surface area contributed by atoms with Gasteiger partial charge in [-0.2, -0.15) is 0 Å². The molecule has 1 aliphatic heterocycles. The average molecular weight is 336 g/mol. The molecule has 1 aromatic carbocycles. The van der Waals surface area contributed by atoms with Crippen LogP contribution in [-0.2, 0) is 11.2 Å². The summed E-state index contributed by atoms with van der Waals surface area (Å²) in [4.78, 5) is 12.0. The Balaban J connectivity index is 1.39. The first-order chi connectivity index (χ1) is 11.7. The van der Waals surface area contributed by atoms with Crippen LogP contribution >= 0.6 is 0 Å². The molecule has 2 N–H and O–H groups in total. The van der Waals surface area contributed by atoms with Gasteiger partial charge in [-0.05, 0) is 55.7 Å². The summed E-state index contributed by atoms with van der Waals surface area (Å²) in [6.45, 7) is 1.22. The number of rotatable bonds is 6. The maximum Gasteiger partial charge on any atom is 0.315 e. The van der Waals surface area contributed by atoms with Crippen molar-refractivity contribution in [3.8, 4) is 5.75 Å². The van der Waals surface area contributed by atoms with Crippen LogP contribution in [0.15, 0.2) is 18.2 Å². The van der Waals surface area contributed by atoms with Crippen molar-refractivity contribution in [1.29, 1.82) is 0 Å². The van der Waals surface area contributed by atoms with Crippen LogP contribution in [0.1, 0.15) is 31.2 Å². The molecule has 2 aliphatic rings. The number of halogens is 1. The molecule has 1 saturated heterocycles. The minimum Gasteiger partial charge on any atom is -0.494 e. The molecule has 0 spiro atoms. The van der Waals surface area contributed by atoms with E-state index in [9.17, 15) is 9.18 Å². The van der Waals surface area contributed by atoms with E-state index in [1.54, 1.807) is 12.1 Å². The quantitative estimate of drug-likeness (QED) is 0.839. The fourth-order valence-electron chi connectivity index (χ4n) is 3.17. The smallest absolute Gasteiger partial charge is 0.315 e. The Labute approximate surface area is 141 Å². The first-order valence-corrected chi connectivity index (χ1v) is 8.64. The van der Waals surface area contributed by atoms with Gasteiger partial charge in [0.2, 0.25) is 0 Å². The summed E-state index contributed by atoms with van der Waals surface area (Å²) in [5, 5.41) is 5.90. The Morgan fingerprint density at radius 2 is 2.21 bits per heavy atom. The van der Waals surface area contributed by atoms with Crippen LogP contribution in [0.5, 0.6) is 5.75 Å². The van der Waals surface area contributed by atoms with E-state index in [1.807, 2.05) is 0 Å². The second kappa shape index (κ2) is 7.83. The molecule has 6 heteroatoms. The number of benzene rings is 1. The number of ether oxygens (including phenoxy) is 2. The number of carbonyl (C=O) groups is 1. The predicted molar refractivity (Wildman–Crippen MR) is 88.7 cm³/mol. The van der Waals surface area contributed by atoms with Crippen molar-refractivity contribution in [2.45, 2.75) is 44.2 Å². The van der Waals surface area contributed by atoms with Gasteiger partial charge in [0.25, 0.3) is 0 Å². The summed E-state index contributed by atoms with van der Waals surface area (Å²) in [7, 11) is 1.44. The number of hydrogen-bond donors (Lipinski definition) is 2. The van der Waals surface area contributed by atoms with Gasteiger partial charge in [0, 0.05) is 19.2 Å². The van der Waals surface area contributed by atoms with E-state index in [2.05, 4.69) is 10.6 Å². The van der Waals surface area contributed by atoms with E-state index in [0.717, 1.165) is 25.0 Å². The van der Waals surface area contributed by atoms with E-state index >= 15 is 0 Å². The van der Waals surface area contributed by atoms with Crippen molar-refractivity contribution < 1.29 is 18.7 Å². The first-order valence-electron chi connectivity index (χ1n) is 8.64. The highest BCUT2D eigenvalue weighted by Crippen LogP contribution is 2.38. The molecule has 0 bridgehead atoms. The van der Waals surface area contributed by atoms with Crippen molar-refractivity contribution in [2.24, 2.45) is 5.92 Å². The van der Waals surface area contributed by atoms with E-state index in [1.165, 1.54) is 26.0 Å². The third-order valence-corrected chi connectivity index (χ3v) is 4.71. The summed E-state index contributed by atoms with van der Waals surface area (Å²) in [6.07, 6.45) is 5.23. The topological polar surface area (TPSA) is 59.6 Å². The number of nitrogens with one attached hydrogen (secondary N) is 2. The highest BCUT2D eigenvalue weighted by molar-refractivity contribution is 5.74. The van der Waals surface area contributed by atoms with Crippen LogP contribution in [0.25, 0.3) is 0 Å². The molecular formula is C18H25FN2O3. The molecule has 3 rings (SSSR count). The molecule has 24 heavy (non-hydrogen) atoms. The third-order valence-electron chi connectivity index (χ3n) is 4.71. The zero-order valence-corrected chi connectivity index (χ0v) is 14.0. The Kier molecular flexibility index (Phi) is 5.56. The number of amides is 2. The van der Waals surface area contributed by atoms with Crippen LogP contribution in [0.4, 0.5) is 9.18 Å². The SMILES string of the molecule is COc1cc(CCNC(=O)N[C@@H]2CCO[C@@H](C3CC3)C2)ccc1F. The Hall–Kier alpha value is -1.82. The van der Waals surface area contributed by atoms with E-state index in [0.29, 0.717) is 25.0 Å². The van der Waals surface area contributed by atoms with Gasteiger partial charge in [0.15, 0.2) is 11.6 Å². The lowest BCUT2D eigenvalue weighted by Gasteiger charge is -2.30. The van der Waals surface area contributed by atoms with Crippen molar-refractivity contribution in [3.63, 3.8) is 0 Å². The van der Waals surface area contributed by atoms with Gasteiger partial charge in [0.1, 0.15) is 0 Å². The Morgan fingerprint density at radius 3 is 2.96 bits per heavy atom. The van der Waals surface area contributed by atoms with Gasteiger partial charge in [-0.3, -0.25) is 0 Å². The molecule has 5 nitrogen and oxygen atoms in total. The lowest BCUT2D eigenvalue weighted by atomic mass is 10.0. The maximum absolute atomic E-state index is 13.4. The predicted octanol–water partition coefficient (Wildman–Crippen LogP) is 2.63. The first kappa shape index (κ1) is 17.0. The normalized spacial score (nSPS) is 23.6. The molecule has 0 unspecified atom stereocenters. The fraction of sp³-hybridized carbons (Fsp3) is 0.611. The second-order valence-corrected chi connectivity index (χ2v) is 6.59. The van der Waals surface area contributed by atoms with E-state index in [4.69, 9.17) is 9.47 Å². The van der Waals surface area contributed by atoms with Gasteiger partial charge >= 0.3 is 6.03 Å². The van der Waals surface area contributed by atoms with Gasteiger partial charge in [-0.15, -0.1) is 0 Å². The zero-order chi connectivity index (χ0) is 16.9. The number of methoxy groups -OCH3 is 1. The standard InChI is InChI=1S/C18H25FN2O3/c1-23-17-10-12(2-5-15(17)19)6-8-20-18(22)21-14-7-9-24-16(11-14)13-3-4-13/h2,5,10,13-14,16H,3-4,6-9,11H2,1H3,(H2,20,21,22)/t14-,16-/m1/s1. The summed E-state index contributed by atoms with van der Waals surface area (Å²) in [6, 6.07) is 4.79. The number of hydrogen-bond acceptors (Lipinski definition) is 3. The van der Waals surface area contributed by atoms with Gasteiger partial charge in [-0.1, -0.05) is 6.07 Å². The second-order valence-electron chi connectivity index (χ2n) is 6.59. The monoisotopic (exact) mass is 336 g/mol. The molecule has 2 fully saturated rings. The van der Waals surface area contributed by atoms with E-state index in [-0.39, 0.29) is 23.6 Å². The van der Waals surface area contributed by atoms with Gasteiger partial charge in [-0.25, -0.2) is 9.18 Å². The highest BCUT2D eigenvalue weighted by Gasteiger charge is 2.36. The summed E-state index contributed by atoms with van der Waals surface area (Å²) >= 11 is 0. The zero-order valence-electron chi connectivity index (χ0n) is 14.0. The lowest BCUT2D eigenvalue weighted by molar-refractivity contribution is -0.00913. The summed E-state index contributed by atoms with van der Waals surface area (Å²) in [5.41, 5.74) is 0.924. The lowest BCUT2D eigenvalue weighted by Crippen LogP contribution is -2.47. The van der Waals surface area contributed by atoms with Crippen LogP contribution in [0.2, 0.25) is 0 Å². The van der Waals surface area contributed by atoms with Crippen LogP contribution in [0.3, 0.4) is 0 Å².